The van der Waals surface area contributed by atoms with Gasteiger partial charge in [0.05, 0.1) is 5.60 Å². The zero-order valence-corrected chi connectivity index (χ0v) is 10.3. The van der Waals surface area contributed by atoms with Gasteiger partial charge in [0.25, 0.3) is 5.91 Å². The Morgan fingerprint density at radius 1 is 1.44 bits per heavy atom. The van der Waals surface area contributed by atoms with Gasteiger partial charge in [0.1, 0.15) is 0 Å². The average molecular weight is 221 g/mol. The second-order valence-electron chi connectivity index (χ2n) is 4.45. The molecule has 1 aromatic rings. The van der Waals surface area contributed by atoms with E-state index in [0.29, 0.717) is 12.1 Å². The zero-order valence-electron chi connectivity index (χ0n) is 10.3. The largest absolute Gasteiger partial charge is 0.386 e. The lowest BCUT2D eigenvalue weighted by Gasteiger charge is -2.20. The molecule has 0 saturated carbocycles. The van der Waals surface area contributed by atoms with Crippen molar-refractivity contribution in [1.29, 1.82) is 0 Å². The fourth-order valence-corrected chi connectivity index (χ4v) is 1.75. The first-order chi connectivity index (χ1) is 7.36. The van der Waals surface area contributed by atoms with Crippen LogP contribution in [-0.4, -0.2) is 17.6 Å². The highest BCUT2D eigenvalue weighted by Gasteiger charge is 2.19. The van der Waals surface area contributed by atoms with Crippen LogP contribution >= 0.6 is 0 Å². The molecule has 0 aliphatic heterocycles. The molecule has 1 amide bonds. The summed E-state index contributed by atoms with van der Waals surface area (Å²) >= 11 is 0. The average Bonchev–Trinajstić information content (AvgIpc) is 2.16. The van der Waals surface area contributed by atoms with Gasteiger partial charge in [-0.25, -0.2) is 0 Å². The van der Waals surface area contributed by atoms with Crippen molar-refractivity contribution >= 4 is 5.91 Å². The number of aliphatic hydroxyl groups is 1. The molecule has 0 heterocycles. The Kier molecular flexibility index (Phi) is 3.70. The molecule has 0 unspecified atom stereocenters. The van der Waals surface area contributed by atoms with E-state index in [2.05, 4.69) is 5.32 Å². The van der Waals surface area contributed by atoms with Gasteiger partial charge in [0, 0.05) is 12.1 Å². The molecule has 0 aromatic heterocycles. The molecule has 88 valence electrons. The molecule has 3 nitrogen and oxygen atoms in total. The van der Waals surface area contributed by atoms with Gasteiger partial charge < -0.3 is 10.4 Å². The van der Waals surface area contributed by atoms with Gasteiger partial charge in [-0.2, -0.15) is 0 Å². The van der Waals surface area contributed by atoms with Gasteiger partial charge in [-0.1, -0.05) is 6.07 Å². The van der Waals surface area contributed by atoms with E-state index in [1.807, 2.05) is 13.8 Å². The Morgan fingerprint density at radius 2 is 2.06 bits per heavy atom. The number of carbonyl (C=O) groups excluding carboxylic acids is 1. The van der Waals surface area contributed by atoms with Crippen LogP contribution in [0.25, 0.3) is 0 Å². The summed E-state index contributed by atoms with van der Waals surface area (Å²) in [6.45, 7) is 7.87. The Labute approximate surface area is 96.5 Å². The molecule has 0 atom stereocenters. The molecule has 0 saturated heterocycles. The minimum absolute atomic E-state index is 0.0760. The molecule has 1 aromatic carbocycles. The second-order valence-corrected chi connectivity index (χ2v) is 4.45. The van der Waals surface area contributed by atoms with Crippen LogP contribution in [0, 0.1) is 6.92 Å². The number of amides is 1. The Bertz CT molecular complexity index is 391. The van der Waals surface area contributed by atoms with Crippen LogP contribution in [-0.2, 0) is 5.60 Å². The Balaban J connectivity index is 3.05. The van der Waals surface area contributed by atoms with Crippen LogP contribution in [0.3, 0.4) is 0 Å². The fraction of sp³-hybridized carbons (Fsp3) is 0.462. The molecule has 16 heavy (non-hydrogen) atoms. The van der Waals surface area contributed by atoms with Crippen molar-refractivity contribution < 1.29 is 9.90 Å². The van der Waals surface area contributed by atoms with Crippen LogP contribution in [0.2, 0.25) is 0 Å². The maximum atomic E-state index is 11.6. The standard InChI is InChI=1S/C13H19NO2/c1-5-14-12(15)10-6-7-11(9(2)8-10)13(3,4)16/h6-8,16H,5H2,1-4H3,(H,14,15). The minimum Gasteiger partial charge on any atom is -0.386 e. The number of rotatable bonds is 3. The third-order valence-corrected chi connectivity index (χ3v) is 2.49. The zero-order chi connectivity index (χ0) is 12.3. The smallest absolute Gasteiger partial charge is 0.251 e. The molecular formula is C13H19NO2. The van der Waals surface area contributed by atoms with Crippen molar-refractivity contribution in [3.63, 3.8) is 0 Å². The molecule has 3 heteroatoms. The number of aryl methyl sites for hydroxylation is 1. The number of carbonyl (C=O) groups is 1. The molecule has 0 aliphatic carbocycles. The maximum absolute atomic E-state index is 11.6. The van der Waals surface area contributed by atoms with Crippen LogP contribution in [0.5, 0.6) is 0 Å². The Hall–Kier alpha value is -1.35. The fourth-order valence-electron chi connectivity index (χ4n) is 1.75. The summed E-state index contributed by atoms with van der Waals surface area (Å²) in [5.41, 5.74) is 1.54. The number of nitrogens with one attached hydrogen (secondary N) is 1. The number of benzene rings is 1. The lowest BCUT2D eigenvalue weighted by molar-refractivity contribution is 0.0777. The van der Waals surface area contributed by atoms with Crippen molar-refractivity contribution in [2.45, 2.75) is 33.3 Å². The molecule has 0 fully saturated rings. The summed E-state index contributed by atoms with van der Waals surface area (Å²) in [6, 6.07) is 5.35. The van der Waals surface area contributed by atoms with Gasteiger partial charge in [-0.3, -0.25) is 4.79 Å². The topological polar surface area (TPSA) is 49.3 Å². The van der Waals surface area contributed by atoms with Crippen molar-refractivity contribution in [3.8, 4) is 0 Å². The highest BCUT2D eigenvalue weighted by atomic mass is 16.3. The highest BCUT2D eigenvalue weighted by molar-refractivity contribution is 5.94. The predicted octanol–water partition coefficient (Wildman–Crippen LogP) is 1.97. The summed E-state index contributed by atoms with van der Waals surface area (Å²) in [5.74, 6) is -0.0760. The van der Waals surface area contributed by atoms with Crippen LogP contribution in [0.15, 0.2) is 18.2 Å². The molecule has 0 bridgehead atoms. The van der Waals surface area contributed by atoms with Gasteiger partial charge in [-0.15, -0.1) is 0 Å². The van der Waals surface area contributed by atoms with E-state index in [1.54, 1.807) is 32.0 Å². The van der Waals surface area contributed by atoms with Crippen LogP contribution in [0.1, 0.15) is 42.3 Å². The van der Waals surface area contributed by atoms with Gasteiger partial charge >= 0.3 is 0 Å². The minimum atomic E-state index is -0.871. The van der Waals surface area contributed by atoms with Crippen molar-refractivity contribution in [2.24, 2.45) is 0 Å². The third-order valence-electron chi connectivity index (χ3n) is 2.49. The Morgan fingerprint density at radius 3 is 2.50 bits per heavy atom. The first-order valence-electron chi connectivity index (χ1n) is 5.48. The van der Waals surface area contributed by atoms with Crippen molar-refractivity contribution in [3.05, 3.63) is 34.9 Å². The summed E-state index contributed by atoms with van der Waals surface area (Å²) in [4.78, 5) is 11.6. The van der Waals surface area contributed by atoms with Gasteiger partial charge in [0.2, 0.25) is 0 Å². The number of hydrogen-bond acceptors (Lipinski definition) is 2. The summed E-state index contributed by atoms with van der Waals surface area (Å²) in [6.07, 6.45) is 0. The van der Waals surface area contributed by atoms with Crippen LogP contribution < -0.4 is 5.32 Å². The van der Waals surface area contributed by atoms with Gasteiger partial charge in [-0.05, 0) is 51.0 Å². The first-order valence-corrected chi connectivity index (χ1v) is 5.48. The lowest BCUT2D eigenvalue weighted by atomic mass is 9.92. The van der Waals surface area contributed by atoms with E-state index in [9.17, 15) is 9.90 Å². The van der Waals surface area contributed by atoms with E-state index >= 15 is 0 Å². The second kappa shape index (κ2) is 4.66. The molecule has 0 spiro atoms. The first kappa shape index (κ1) is 12.7. The van der Waals surface area contributed by atoms with E-state index in [4.69, 9.17) is 0 Å². The van der Waals surface area contributed by atoms with E-state index in [-0.39, 0.29) is 5.91 Å². The lowest BCUT2D eigenvalue weighted by Crippen LogP contribution is -2.23. The maximum Gasteiger partial charge on any atom is 0.251 e. The van der Waals surface area contributed by atoms with E-state index in [1.165, 1.54) is 0 Å². The SMILES string of the molecule is CCNC(=O)c1ccc(C(C)(C)O)c(C)c1. The van der Waals surface area contributed by atoms with Crippen LogP contribution in [0.4, 0.5) is 0 Å². The monoisotopic (exact) mass is 221 g/mol. The van der Waals surface area contributed by atoms with Crippen molar-refractivity contribution in [2.75, 3.05) is 6.54 Å². The highest BCUT2D eigenvalue weighted by Crippen LogP contribution is 2.23. The predicted molar refractivity (Wildman–Crippen MR) is 64.4 cm³/mol. The summed E-state index contributed by atoms with van der Waals surface area (Å²) < 4.78 is 0. The normalized spacial score (nSPS) is 11.3. The van der Waals surface area contributed by atoms with Crippen molar-refractivity contribution in [1.82, 2.24) is 5.32 Å². The van der Waals surface area contributed by atoms with Gasteiger partial charge in [0.15, 0.2) is 0 Å². The molecule has 0 radical (unpaired) electrons. The summed E-state index contributed by atoms with van der Waals surface area (Å²) in [7, 11) is 0. The third kappa shape index (κ3) is 2.83. The quantitative estimate of drug-likeness (QED) is 0.820. The molecular weight excluding hydrogens is 202 g/mol. The summed E-state index contributed by atoms with van der Waals surface area (Å²) in [5, 5.41) is 12.6. The number of hydrogen-bond donors (Lipinski definition) is 2. The molecule has 2 N–H and O–H groups in total. The van der Waals surface area contributed by atoms with E-state index < -0.39 is 5.60 Å². The molecule has 0 aliphatic rings. The molecule has 1 rings (SSSR count). The van der Waals surface area contributed by atoms with E-state index in [0.717, 1.165) is 11.1 Å².